The lowest BCUT2D eigenvalue weighted by atomic mass is 10.2. The Labute approximate surface area is 165 Å². The van der Waals surface area contributed by atoms with E-state index < -0.39 is 0 Å². The Balaban J connectivity index is 1.70. The molecule has 1 amide bonds. The molecule has 0 radical (unpaired) electrons. The van der Waals surface area contributed by atoms with E-state index in [1.54, 1.807) is 30.3 Å². The first kappa shape index (κ1) is 19.6. The van der Waals surface area contributed by atoms with E-state index in [2.05, 4.69) is 23.7 Å². The maximum absolute atomic E-state index is 12.9. The average molecular weight is 388 g/mol. The number of ether oxygens (including phenoxy) is 1. The molecule has 1 aliphatic rings. The molecule has 0 atom stereocenters. The van der Waals surface area contributed by atoms with Crippen molar-refractivity contribution in [3.8, 4) is 11.6 Å². The molecule has 3 rings (SSSR count). The van der Waals surface area contributed by atoms with E-state index in [1.807, 2.05) is 17.9 Å². The van der Waals surface area contributed by atoms with Gasteiger partial charge in [-0.3, -0.25) is 9.69 Å². The fraction of sp³-hybridized carbons (Fsp3) is 0.429. The van der Waals surface area contributed by atoms with Crippen molar-refractivity contribution in [3.63, 3.8) is 0 Å². The van der Waals surface area contributed by atoms with Crippen LogP contribution >= 0.6 is 11.6 Å². The minimum atomic E-state index is -0.0432. The largest absolute Gasteiger partial charge is 0.439 e. The molecule has 0 unspecified atom stereocenters. The lowest BCUT2D eigenvalue weighted by Crippen LogP contribution is -2.37. The molecule has 1 aromatic carbocycles. The Kier molecular flexibility index (Phi) is 6.34. The summed E-state index contributed by atoms with van der Waals surface area (Å²) in [6.07, 6.45) is 0.976. The van der Waals surface area contributed by atoms with Gasteiger partial charge >= 0.3 is 0 Å². The Bertz CT molecular complexity index is 810. The van der Waals surface area contributed by atoms with Gasteiger partial charge in [0.15, 0.2) is 0 Å². The number of carbonyl (C=O) groups is 1. The highest BCUT2D eigenvalue weighted by Gasteiger charge is 2.22. The molecule has 1 fully saturated rings. The van der Waals surface area contributed by atoms with E-state index in [0.29, 0.717) is 28.4 Å². The third-order valence-corrected chi connectivity index (χ3v) is 5.27. The van der Waals surface area contributed by atoms with Crippen LogP contribution in [0, 0.1) is 6.92 Å². The first-order valence-corrected chi connectivity index (χ1v) is 9.76. The number of halogens is 1. The SMILES string of the molecule is Cc1cc(Oc2cccc(C(=O)N3CCCN(C(C)C)CC3)n2)ccc1Cl. The fourth-order valence-electron chi connectivity index (χ4n) is 3.21. The maximum Gasteiger partial charge on any atom is 0.272 e. The number of aryl methyl sites for hydroxylation is 1. The molecule has 1 aliphatic heterocycles. The van der Waals surface area contributed by atoms with Crippen LogP contribution in [0.25, 0.3) is 0 Å². The number of carbonyl (C=O) groups excluding carboxylic acids is 1. The van der Waals surface area contributed by atoms with E-state index in [9.17, 15) is 4.79 Å². The van der Waals surface area contributed by atoms with Gasteiger partial charge in [-0.25, -0.2) is 4.98 Å². The van der Waals surface area contributed by atoms with Gasteiger partial charge in [-0.05, 0) is 57.0 Å². The molecular formula is C21H26ClN3O2. The van der Waals surface area contributed by atoms with Gasteiger partial charge in [-0.15, -0.1) is 0 Å². The first-order chi connectivity index (χ1) is 12.9. The molecule has 1 aromatic heterocycles. The van der Waals surface area contributed by atoms with Crippen molar-refractivity contribution in [2.45, 2.75) is 33.2 Å². The van der Waals surface area contributed by atoms with E-state index in [0.717, 1.165) is 38.2 Å². The summed E-state index contributed by atoms with van der Waals surface area (Å²) in [5.41, 5.74) is 1.34. The number of benzene rings is 1. The van der Waals surface area contributed by atoms with E-state index >= 15 is 0 Å². The number of aromatic nitrogens is 1. The molecule has 0 bridgehead atoms. The minimum absolute atomic E-state index is 0.0432. The second-order valence-electron chi connectivity index (χ2n) is 7.15. The monoisotopic (exact) mass is 387 g/mol. The van der Waals surface area contributed by atoms with Crippen LogP contribution in [0.4, 0.5) is 0 Å². The van der Waals surface area contributed by atoms with Gasteiger partial charge in [0.25, 0.3) is 5.91 Å². The Morgan fingerprint density at radius 3 is 2.70 bits per heavy atom. The summed E-state index contributed by atoms with van der Waals surface area (Å²) >= 11 is 6.05. The molecule has 6 heteroatoms. The molecule has 0 saturated carbocycles. The first-order valence-electron chi connectivity index (χ1n) is 9.38. The summed E-state index contributed by atoms with van der Waals surface area (Å²) in [5, 5.41) is 0.691. The van der Waals surface area contributed by atoms with Crippen molar-refractivity contribution < 1.29 is 9.53 Å². The molecular weight excluding hydrogens is 362 g/mol. The van der Waals surface area contributed by atoms with E-state index in [4.69, 9.17) is 16.3 Å². The Morgan fingerprint density at radius 1 is 1.15 bits per heavy atom. The van der Waals surface area contributed by atoms with Gasteiger partial charge in [-0.1, -0.05) is 17.7 Å². The number of hydrogen-bond donors (Lipinski definition) is 0. The topological polar surface area (TPSA) is 45.7 Å². The third kappa shape index (κ3) is 4.99. The number of pyridine rings is 1. The highest BCUT2D eigenvalue weighted by Crippen LogP contribution is 2.25. The van der Waals surface area contributed by atoms with Crippen LogP contribution in [0.3, 0.4) is 0 Å². The van der Waals surface area contributed by atoms with Crippen LogP contribution < -0.4 is 4.74 Å². The summed E-state index contributed by atoms with van der Waals surface area (Å²) in [5.74, 6) is 1.01. The van der Waals surface area contributed by atoms with Crippen molar-refractivity contribution >= 4 is 17.5 Å². The zero-order valence-electron chi connectivity index (χ0n) is 16.1. The van der Waals surface area contributed by atoms with Gasteiger partial charge in [0.05, 0.1) is 0 Å². The van der Waals surface area contributed by atoms with Gasteiger partial charge in [0, 0.05) is 43.3 Å². The van der Waals surface area contributed by atoms with Gasteiger partial charge < -0.3 is 9.64 Å². The number of nitrogens with zero attached hydrogens (tertiary/aromatic N) is 3. The third-order valence-electron chi connectivity index (χ3n) is 4.84. The molecule has 1 saturated heterocycles. The van der Waals surface area contributed by atoms with Crippen LogP contribution in [-0.2, 0) is 0 Å². The minimum Gasteiger partial charge on any atom is -0.439 e. The number of hydrogen-bond acceptors (Lipinski definition) is 4. The Hall–Kier alpha value is -2.11. The van der Waals surface area contributed by atoms with Gasteiger partial charge in [0.1, 0.15) is 11.4 Å². The standard InChI is InChI=1S/C21H26ClN3O2/c1-15(2)24-10-5-11-25(13-12-24)21(26)19-6-4-7-20(23-19)27-17-8-9-18(22)16(3)14-17/h4,6-9,14-15H,5,10-13H2,1-3H3. The van der Waals surface area contributed by atoms with Crippen LogP contribution in [0.1, 0.15) is 36.3 Å². The van der Waals surface area contributed by atoms with Crippen molar-refractivity contribution in [3.05, 3.63) is 52.7 Å². The van der Waals surface area contributed by atoms with Crippen molar-refractivity contribution in [1.29, 1.82) is 0 Å². The molecule has 0 aliphatic carbocycles. The molecule has 5 nitrogen and oxygen atoms in total. The highest BCUT2D eigenvalue weighted by atomic mass is 35.5. The normalized spacial score (nSPS) is 15.7. The molecule has 2 heterocycles. The predicted molar refractivity (Wildman–Crippen MR) is 108 cm³/mol. The van der Waals surface area contributed by atoms with Crippen LogP contribution in [0.2, 0.25) is 5.02 Å². The Morgan fingerprint density at radius 2 is 1.96 bits per heavy atom. The van der Waals surface area contributed by atoms with Crippen LogP contribution in [0.5, 0.6) is 11.6 Å². The summed E-state index contributed by atoms with van der Waals surface area (Å²) in [4.78, 5) is 21.6. The number of amides is 1. The van der Waals surface area contributed by atoms with Crippen LogP contribution in [-0.4, -0.2) is 52.9 Å². The predicted octanol–water partition coefficient (Wildman–Crippen LogP) is 4.39. The summed E-state index contributed by atoms with van der Waals surface area (Å²) in [7, 11) is 0. The van der Waals surface area contributed by atoms with E-state index in [-0.39, 0.29) is 5.91 Å². The molecule has 0 spiro atoms. The summed E-state index contributed by atoms with van der Waals surface area (Å²) in [6, 6.07) is 11.2. The highest BCUT2D eigenvalue weighted by molar-refractivity contribution is 6.31. The van der Waals surface area contributed by atoms with Crippen molar-refractivity contribution in [2.75, 3.05) is 26.2 Å². The summed E-state index contributed by atoms with van der Waals surface area (Å²) < 4.78 is 5.82. The average Bonchev–Trinajstić information content (AvgIpc) is 2.91. The summed E-state index contributed by atoms with van der Waals surface area (Å²) in [6.45, 7) is 9.70. The van der Waals surface area contributed by atoms with Gasteiger partial charge in [0.2, 0.25) is 5.88 Å². The lowest BCUT2D eigenvalue weighted by molar-refractivity contribution is 0.0752. The van der Waals surface area contributed by atoms with Crippen LogP contribution in [0.15, 0.2) is 36.4 Å². The molecule has 27 heavy (non-hydrogen) atoms. The van der Waals surface area contributed by atoms with Crippen molar-refractivity contribution in [2.24, 2.45) is 0 Å². The quantitative estimate of drug-likeness (QED) is 0.780. The van der Waals surface area contributed by atoms with Crippen molar-refractivity contribution in [1.82, 2.24) is 14.8 Å². The second kappa shape index (κ2) is 8.72. The molecule has 144 valence electrons. The fourth-order valence-corrected chi connectivity index (χ4v) is 3.33. The number of rotatable bonds is 4. The molecule has 2 aromatic rings. The van der Waals surface area contributed by atoms with E-state index in [1.165, 1.54) is 0 Å². The zero-order valence-corrected chi connectivity index (χ0v) is 16.9. The molecule has 0 N–H and O–H groups in total. The lowest BCUT2D eigenvalue weighted by Gasteiger charge is -2.24. The zero-order chi connectivity index (χ0) is 19.4. The maximum atomic E-state index is 12.9. The second-order valence-corrected chi connectivity index (χ2v) is 7.56. The van der Waals surface area contributed by atoms with Gasteiger partial charge in [-0.2, -0.15) is 0 Å². The smallest absolute Gasteiger partial charge is 0.272 e.